The fourth-order valence-electron chi connectivity index (χ4n) is 2.66. The van der Waals surface area contributed by atoms with Crippen molar-refractivity contribution < 1.29 is 28.6 Å². The second-order valence-corrected chi connectivity index (χ2v) is 6.54. The number of benzene rings is 3. The first-order chi connectivity index (χ1) is 16.0. The topological polar surface area (TPSA) is 115 Å². The van der Waals surface area contributed by atoms with Gasteiger partial charge in [0.2, 0.25) is 0 Å². The van der Waals surface area contributed by atoms with E-state index >= 15 is 0 Å². The monoisotopic (exact) mass is 447 g/mol. The van der Waals surface area contributed by atoms with E-state index in [1.165, 1.54) is 20.4 Å². The molecule has 0 bridgehead atoms. The first-order valence-corrected chi connectivity index (χ1v) is 9.74. The number of carbonyl (C=O) groups is 3. The zero-order valence-corrected chi connectivity index (χ0v) is 17.9. The van der Waals surface area contributed by atoms with E-state index < -0.39 is 17.8 Å². The number of amides is 2. The summed E-state index contributed by atoms with van der Waals surface area (Å²) in [6, 6.07) is 19.8. The summed E-state index contributed by atoms with van der Waals surface area (Å²) < 4.78 is 15.6. The van der Waals surface area contributed by atoms with Gasteiger partial charge in [-0.2, -0.15) is 5.10 Å². The Morgan fingerprint density at radius 3 is 2.18 bits per heavy atom. The number of nitrogens with zero attached hydrogens (tertiary/aromatic N) is 1. The van der Waals surface area contributed by atoms with Gasteiger partial charge in [-0.3, -0.25) is 9.59 Å². The normalized spacial score (nSPS) is 10.4. The number of hydrogen-bond acceptors (Lipinski definition) is 7. The summed E-state index contributed by atoms with van der Waals surface area (Å²) in [5.41, 5.74) is 3.51. The smallest absolute Gasteiger partial charge is 0.343 e. The molecule has 3 aromatic rings. The number of hydrogen-bond donors (Lipinski definition) is 2. The van der Waals surface area contributed by atoms with Gasteiger partial charge in [-0.15, -0.1) is 0 Å². The molecule has 3 aromatic carbocycles. The molecule has 0 aliphatic carbocycles. The van der Waals surface area contributed by atoms with Crippen molar-refractivity contribution in [2.75, 3.05) is 19.5 Å². The molecule has 0 unspecified atom stereocenters. The lowest BCUT2D eigenvalue weighted by Gasteiger charge is -2.10. The Morgan fingerprint density at radius 2 is 1.52 bits per heavy atom. The molecular formula is C24H21N3O6. The third kappa shape index (κ3) is 6.41. The number of methoxy groups -OCH3 is 2. The first-order valence-electron chi connectivity index (χ1n) is 9.74. The molecule has 2 amide bonds. The van der Waals surface area contributed by atoms with Crippen LogP contribution in [-0.4, -0.2) is 38.2 Å². The van der Waals surface area contributed by atoms with Crippen LogP contribution in [0.15, 0.2) is 77.9 Å². The minimum atomic E-state index is -0.961. The fraction of sp³-hybridized carbons (Fsp3) is 0.0833. The van der Waals surface area contributed by atoms with Gasteiger partial charge < -0.3 is 19.5 Å². The van der Waals surface area contributed by atoms with Crippen molar-refractivity contribution in [2.45, 2.75) is 0 Å². The van der Waals surface area contributed by atoms with Gasteiger partial charge in [0.05, 0.1) is 31.7 Å². The van der Waals surface area contributed by atoms with Crippen LogP contribution in [0.4, 0.5) is 5.69 Å². The van der Waals surface area contributed by atoms with Gasteiger partial charge >= 0.3 is 17.8 Å². The number of rotatable bonds is 7. The average molecular weight is 447 g/mol. The number of hydrazone groups is 1. The summed E-state index contributed by atoms with van der Waals surface area (Å²) in [7, 11) is 2.94. The highest BCUT2D eigenvalue weighted by atomic mass is 16.5. The zero-order valence-electron chi connectivity index (χ0n) is 17.9. The zero-order chi connectivity index (χ0) is 23.6. The van der Waals surface area contributed by atoms with Crippen LogP contribution in [0.25, 0.3) is 0 Å². The third-order valence-electron chi connectivity index (χ3n) is 4.34. The minimum absolute atomic E-state index is 0.308. The molecule has 0 radical (unpaired) electrons. The van der Waals surface area contributed by atoms with E-state index in [9.17, 15) is 14.4 Å². The molecule has 9 nitrogen and oxygen atoms in total. The molecule has 0 heterocycles. The predicted molar refractivity (Wildman–Crippen MR) is 122 cm³/mol. The Balaban J connectivity index is 1.52. The molecule has 9 heteroatoms. The van der Waals surface area contributed by atoms with Gasteiger partial charge in [0, 0.05) is 6.07 Å². The van der Waals surface area contributed by atoms with Crippen LogP contribution in [0.1, 0.15) is 15.9 Å². The van der Waals surface area contributed by atoms with Crippen molar-refractivity contribution >= 4 is 29.7 Å². The van der Waals surface area contributed by atoms with Crippen LogP contribution in [-0.2, 0) is 9.59 Å². The van der Waals surface area contributed by atoms with Crippen LogP contribution in [0.3, 0.4) is 0 Å². The number of esters is 1. The minimum Gasteiger partial charge on any atom is -0.497 e. The molecule has 0 saturated carbocycles. The molecule has 3 rings (SSSR count). The van der Waals surface area contributed by atoms with Crippen LogP contribution < -0.4 is 25.0 Å². The predicted octanol–water partition coefficient (Wildman–Crippen LogP) is 3.01. The fourth-order valence-corrected chi connectivity index (χ4v) is 2.66. The maximum atomic E-state index is 12.1. The number of nitrogens with one attached hydrogen (secondary N) is 2. The quantitative estimate of drug-likeness (QED) is 0.189. The Morgan fingerprint density at radius 1 is 0.818 bits per heavy atom. The highest BCUT2D eigenvalue weighted by Crippen LogP contribution is 2.28. The summed E-state index contributed by atoms with van der Waals surface area (Å²) in [4.78, 5) is 36.2. The average Bonchev–Trinajstić information content (AvgIpc) is 2.85. The van der Waals surface area contributed by atoms with Crippen molar-refractivity contribution in [3.05, 3.63) is 83.9 Å². The lowest BCUT2D eigenvalue weighted by atomic mass is 10.2. The maximum Gasteiger partial charge on any atom is 0.343 e. The summed E-state index contributed by atoms with van der Waals surface area (Å²) in [5, 5.41) is 6.21. The molecule has 0 aliphatic rings. The largest absolute Gasteiger partial charge is 0.497 e. The van der Waals surface area contributed by atoms with E-state index in [4.69, 9.17) is 14.2 Å². The van der Waals surface area contributed by atoms with Crippen molar-refractivity contribution in [3.63, 3.8) is 0 Å². The Hall–Kier alpha value is -4.66. The van der Waals surface area contributed by atoms with Gasteiger partial charge in [-0.1, -0.05) is 18.2 Å². The molecule has 0 fully saturated rings. The Labute approximate surface area is 190 Å². The first kappa shape index (κ1) is 23.0. The van der Waals surface area contributed by atoms with E-state index in [0.29, 0.717) is 34.1 Å². The van der Waals surface area contributed by atoms with Crippen LogP contribution in [0.5, 0.6) is 17.2 Å². The highest BCUT2D eigenvalue weighted by molar-refractivity contribution is 6.39. The second kappa shape index (κ2) is 11.1. The lowest BCUT2D eigenvalue weighted by Crippen LogP contribution is -2.32. The SMILES string of the molecule is COc1ccc(NC(=O)C(=O)N/N=C/c2ccc(OC(=O)c3ccccc3)cc2)c(OC)c1. The van der Waals surface area contributed by atoms with Crippen LogP contribution >= 0.6 is 0 Å². The Kier molecular flexibility index (Phi) is 7.74. The summed E-state index contributed by atoms with van der Waals surface area (Å²) in [5.74, 6) is -1.11. The van der Waals surface area contributed by atoms with Gasteiger partial charge in [0.15, 0.2) is 0 Å². The van der Waals surface area contributed by atoms with Crippen LogP contribution in [0, 0.1) is 0 Å². The number of anilines is 1. The third-order valence-corrected chi connectivity index (χ3v) is 4.34. The molecule has 33 heavy (non-hydrogen) atoms. The van der Waals surface area contributed by atoms with Gasteiger partial charge in [0.1, 0.15) is 17.2 Å². The summed E-state index contributed by atoms with van der Waals surface area (Å²) >= 11 is 0. The van der Waals surface area contributed by atoms with Gasteiger partial charge in [-0.05, 0) is 54.1 Å². The number of ether oxygens (including phenoxy) is 3. The van der Waals surface area contributed by atoms with E-state index in [-0.39, 0.29) is 0 Å². The van der Waals surface area contributed by atoms with Gasteiger partial charge in [0.25, 0.3) is 0 Å². The van der Waals surface area contributed by atoms with E-state index in [1.54, 1.807) is 66.7 Å². The standard InChI is InChI=1S/C24H21N3O6/c1-31-19-12-13-20(21(14-19)32-2)26-22(28)23(29)27-25-15-16-8-10-18(11-9-16)33-24(30)17-6-4-3-5-7-17/h3-15H,1-2H3,(H,26,28)(H,27,29)/b25-15+. The van der Waals surface area contributed by atoms with Crippen molar-refractivity contribution in [3.8, 4) is 17.2 Å². The molecule has 0 spiro atoms. The summed E-state index contributed by atoms with van der Waals surface area (Å²) in [6.45, 7) is 0. The summed E-state index contributed by atoms with van der Waals surface area (Å²) in [6.07, 6.45) is 1.35. The highest BCUT2D eigenvalue weighted by Gasteiger charge is 2.16. The lowest BCUT2D eigenvalue weighted by molar-refractivity contribution is -0.136. The maximum absolute atomic E-state index is 12.1. The van der Waals surface area contributed by atoms with Gasteiger partial charge in [-0.25, -0.2) is 10.2 Å². The second-order valence-electron chi connectivity index (χ2n) is 6.54. The van der Waals surface area contributed by atoms with Crippen LogP contribution in [0.2, 0.25) is 0 Å². The van der Waals surface area contributed by atoms with E-state index in [0.717, 1.165) is 0 Å². The molecule has 0 aliphatic heterocycles. The van der Waals surface area contributed by atoms with Crippen molar-refractivity contribution in [1.82, 2.24) is 5.43 Å². The molecule has 168 valence electrons. The van der Waals surface area contributed by atoms with E-state index in [2.05, 4.69) is 15.8 Å². The number of carbonyl (C=O) groups excluding carboxylic acids is 3. The van der Waals surface area contributed by atoms with Crippen molar-refractivity contribution in [1.29, 1.82) is 0 Å². The van der Waals surface area contributed by atoms with Crippen molar-refractivity contribution in [2.24, 2.45) is 5.10 Å². The Bertz CT molecular complexity index is 1160. The molecule has 0 atom stereocenters. The van der Waals surface area contributed by atoms with E-state index in [1.807, 2.05) is 6.07 Å². The molecule has 0 aromatic heterocycles. The molecule has 0 saturated heterocycles. The molecular weight excluding hydrogens is 426 g/mol. The molecule has 2 N–H and O–H groups in total.